The van der Waals surface area contributed by atoms with Gasteiger partial charge in [0.05, 0.1) is 6.54 Å². The fourth-order valence-corrected chi connectivity index (χ4v) is 2.80. The maximum Gasteiger partial charge on any atom is 0.333 e. The number of carbonyl (C=O) groups excluding carboxylic acids is 1. The summed E-state index contributed by atoms with van der Waals surface area (Å²) in [5.74, 6) is 0.0750. The van der Waals surface area contributed by atoms with E-state index in [-0.39, 0.29) is 11.4 Å². The summed E-state index contributed by atoms with van der Waals surface area (Å²) in [5.41, 5.74) is 0.894. The van der Waals surface area contributed by atoms with Crippen molar-refractivity contribution in [2.24, 2.45) is 11.3 Å². The number of amides is 2. The molecule has 0 saturated carbocycles. The number of hydrogen-bond donors (Lipinski definition) is 2. The third kappa shape index (κ3) is 10.5. The smallest absolute Gasteiger partial charge is 0.333 e. The first-order valence-corrected chi connectivity index (χ1v) is 10.6. The Balaban J connectivity index is 2.57. The Morgan fingerprint density at radius 1 is 1.17 bits per heavy atom. The molecular weight excluding hydrogens is 384 g/mol. The summed E-state index contributed by atoms with van der Waals surface area (Å²) >= 11 is 0. The fraction of sp³-hybridized carbons (Fsp3) is 0.652. The maximum absolute atomic E-state index is 12.5. The Hall–Kier alpha value is -2.28. The number of carbonyl (C=O) groups is 2. The zero-order valence-corrected chi connectivity index (χ0v) is 19.2. The van der Waals surface area contributed by atoms with Gasteiger partial charge >= 0.3 is 12.0 Å². The van der Waals surface area contributed by atoms with E-state index in [4.69, 9.17) is 9.47 Å². The molecule has 0 aliphatic rings. The van der Waals surface area contributed by atoms with Crippen molar-refractivity contribution in [3.8, 4) is 5.75 Å². The van der Waals surface area contributed by atoms with E-state index in [9.17, 15) is 14.7 Å². The fourth-order valence-electron chi connectivity index (χ4n) is 2.80. The Morgan fingerprint density at radius 2 is 1.80 bits per heavy atom. The van der Waals surface area contributed by atoms with Crippen molar-refractivity contribution in [1.29, 1.82) is 0 Å². The van der Waals surface area contributed by atoms with E-state index in [0.717, 1.165) is 5.56 Å². The van der Waals surface area contributed by atoms with Crippen LogP contribution >= 0.6 is 0 Å². The number of carboxylic acid groups (broad SMARTS) is 1. The summed E-state index contributed by atoms with van der Waals surface area (Å²) in [7, 11) is 0. The Morgan fingerprint density at radius 3 is 2.30 bits per heavy atom. The Kier molecular flexibility index (Phi) is 10.7. The number of ether oxygens (including phenoxy) is 2. The van der Waals surface area contributed by atoms with E-state index < -0.39 is 12.1 Å². The molecule has 1 unspecified atom stereocenters. The van der Waals surface area contributed by atoms with Crippen molar-refractivity contribution in [2.75, 3.05) is 32.8 Å². The second kappa shape index (κ2) is 12.4. The average molecular weight is 423 g/mol. The summed E-state index contributed by atoms with van der Waals surface area (Å²) in [5, 5.41) is 12.2. The highest BCUT2D eigenvalue weighted by Gasteiger charge is 2.19. The highest BCUT2D eigenvalue weighted by Crippen LogP contribution is 2.15. The van der Waals surface area contributed by atoms with E-state index in [2.05, 4.69) is 39.9 Å². The van der Waals surface area contributed by atoms with Gasteiger partial charge in [-0.05, 0) is 36.0 Å². The lowest BCUT2D eigenvalue weighted by molar-refractivity contribution is -0.149. The molecule has 30 heavy (non-hydrogen) atoms. The number of benzene rings is 1. The second-order valence-electron chi connectivity index (χ2n) is 9.04. The molecule has 1 rings (SSSR count). The first kappa shape index (κ1) is 25.8. The third-order valence-corrected chi connectivity index (χ3v) is 4.26. The Labute approximate surface area is 180 Å². The van der Waals surface area contributed by atoms with Gasteiger partial charge in [-0.3, -0.25) is 0 Å². The first-order valence-electron chi connectivity index (χ1n) is 10.6. The predicted octanol–water partition coefficient (Wildman–Crippen LogP) is 3.81. The SMILES string of the molecule is CCOC(Cc1ccc(OCCN(CC(C)C)C(=O)NCC(C)(C)C)cc1)C(=O)O. The lowest BCUT2D eigenvalue weighted by Crippen LogP contribution is -2.46. The molecule has 0 spiro atoms. The Bertz CT molecular complexity index is 653. The van der Waals surface area contributed by atoms with Gasteiger partial charge < -0.3 is 24.8 Å². The predicted molar refractivity (Wildman–Crippen MR) is 118 cm³/mol. The van der Waals surface area contributed by atoms with Crippen molar-refractivity contribution < 1.29 is 24.2 Å². The minimum absolute atomic E-state index is 0.0270. The van der Waals surface area contributed by atoms with Gasteiger partial charge in [0.15, 0.2) is 6.10 Å². The minimum atomic E-state index is -0.966. The van der Waals surface area contributed by atoms with Crippen molar-refractivity contribution in [3.63, 3.8) is 0 Å². The van der Waals surface area contributed by atoms with Gasteiger partial charge in [-0.25, -0.2) is 9.59 Å². The van der Waals surface area contributed by atoms with E-state index in [0.29, 0.717) is 50.9 Å². The zero-order valence-electron chi connectivity index (χ0n) is 19.2. The molecule has 0 saturated heterocycles. The molecule has 0 aliphatic carbocycles. The van der Waals surface area contributed by atoms with Crippen LogP contribution in [0, 0.1) is 11.3 Å². The summed E-state index contributed by atoms with van der Waals surface area (Å²) in [6.45, 7) is 14.7. The molecule has 0 fully saturated rings. The summed E-state index contributed by atoms with van der Waals surface area (Å²) in [4.78, 5) is 25.5. The van der Waals surface area contributed by atoms with Crippen LogP contribution in [-0.4, -0.2) is 61.0 Å². The van der Waals surface area contributed by atoms with Crippen LogP contribution in [0.4, 0.5) is 4.79 Å². The number of rotatable bonds is 12. The van der Waals surface area contributed by atoms with Gasteiger partial charge in [0.2, 0.25) is 0 Å². The third-order valence-electron chi connectivity index (χ3n) is 4.26. The molecule has 1 atom stereocenters. The number of nitrogens with zero attached hydrogens (tertiary/aromatic N) is 1. The molecule has 2 amide bonds. The molecule has 2 N–H and O–H groups in total. The van der Waals surface area contributed by atoms with Crippen molar-refractivity contribution in [2.45, 2.75) is 54.1 Å². The van der Waals surface area contributed by atoms with Crippen LogP contribution in [-0.2, 0) is 16.0 Å². The van der Waals surface area contributed by atoms with Gasteiger partial charge in [0, 0.05) is 26.1 Å². The zero-order chi connectivity index (χ0) is 22.7. The van der Waals surface area contributed by atoms with Crippen molar-refractivity contribution >= 4 is 12.0 Å². The van der Waals surface area contributed by atoms with Gasteiger partial charge in [0.25, 0.3) is 0 Å². The number of carboxylic acids is 1. The molecule has 0 aliphatic heterocycles. The van der Waals surface area contributed by atoms with Crippen molar-refractivity contribution in [1.82, 2.24) is 10.2 Å². The molecule has 7 heteroatoms. The number of hydrogen-bond acceptors (Lipinski definition) is 4. The second-order valence-corrected chi connectivity index (χ2v) is 9.04. The molecule has 0 bridgehead atoms. The molecular formula is C23H38N2O5. The normalized spacial score (nSPS) is 12.5. The lowest BCUT2D eigenvalue weighted by Gasteiger charge is -2.27. The highest BCUT2D eigenvalue weighted by molar-refractivity contribution is 5.74. The van der Waals surface area contributed by atoms with E-state index in [1.165, 1.54) is 0 Å². The number of nitrogens with one attached hydrogen (secondary N) is 1. The summed E-state index contributed by atoms with van der Waals surface area (Å²) in [6.07, 6.45) is -0.544. The molecule has 7 nitrogen and oxygen atoms in total. The van der Waals surface area contributed by atoms with Crippen LogP contribution in [0.1, 0.15) is 47.1 Å². The van der Waals surface area contributed by atoms with Gasteiger partial charge in [-0.15, -0.1) is 0 Å². The van der Waals surface area contributed by atoms with Crippen LogP contribution in [0.5, 0.6) is 5.75 Å². The molecule has 0 heterocycles. The van der Waals surface area contributed by atoms with E-state index in [1.54, 1.807) is 11.8 Å². The maximum atomic E-state index is 12.5. The van der Waals surface area contributed by atoms with Crippen LogP contribution in [0.3, 0.4) is 0 Å². The van der Waals surface area contributed by atoms with E-state index >= 15 is 0 Å². The summed E-state index contributed by atoms with van der Waals surface area (Å²) in [6, 6.07) is 7.23. The topological polar surface area (TPSA) is 88.1 Å². The van der Waals surface area contributed by atoms with E-state index in [1.807, 2.05) is 24.3 Å². The average Bonchev–Trinajstić information content (AvgIpc) is 2.65. The quantitative estimate of drug-likeness (QED) is 0.535. The monoisotopic (exact) mass is 422 g/mol. The van der Waals surface area contributed by atoms with Crippen LogP contribution in [0.15, 0.2) is 24.3 Å². The molecule has 0 aromatic heterocycles. The first-order chi connectivity index (χ1) is 14.0. The number of aliphatic carboxylic acids is 1. The van der Waals surface area contributed by atoms with Crippen molar-refractivity contribution in [3.05, 3.63) is 29.8 Å². The highest BCUT2D eigenvalue weighted by atomic mass is 16.5. The summed E-state index contributed by atoms with van der Waals surface area (Å²) < 4.78 is 11.0. The molecule has 1 aromatic rings. The number of urea groups is 1. The van der Waals surface area contributed by atoms with Gasteiger partial charge in [-0.1, -0.05) is 46.8 Å². The van der Waals surface area contributed by atoms with Gasteiger partial charge in [0.1, 0.15) is 12.4 Å². The van der Waals surface area contributed by atoms with Crippen LogP contribution < -0.4 is 10.1 Å². The molecule has 0 radical (unpaired) electrons. The molecule has 170 valence electrons. The molecule has 1 aromatic carbocycles. The van der Waals surface area contributed by atoms with Gasteiger partial charge in [-0.2, -0.15) is 0 Å². The minimum Gasteiger partial charge on any atom is -0.492 e. The standard InChI is InChI=1S/C23H38N2O5/c1-7-29-20(21(26)27)14-18-8-10-19(11-9-18)30-13-12-25(15-17(2)3)22(28)24-16-23(4,5)6/h8-11,17,20H,7,12-16H2,1-6H3,(H,24,28)(H,26,27). The lowest BCUT2D eigenvalue weighted by atomic mass is 9.97. The van der Waals surface area contributed by atoms with Crippen LogP contribution in [0.2, 0.25) is 0 Å². The largest absolute Gasteiger partial charge is 0.492 e. The van der Waals surface area contributed by atoms with Crippen LogP contribution in [0.25, 0.3) is 0 Å².